The lowest BCUT2D eigenvalue weighted by Crippen LogP contribution is -2.11. The Balaban J connectivity index is 0.000000235. The highest BCUT2D eigenvalue weighted by Gasteiger charge is 2.05. The molecule has 0 spiro atoms. The Kier molecular flexibility index (Phi) is 6.40. The van der Waals surface area contributed by atoms with Gasteiger partial charge in [-0.15, -0.1) is 0 Å². The minimum absolute atomic E-state index is 0.344. The van der Waals surface area contributed by atoms with E-state index >= 15 is 0 Å². The van der Waals surface area contributed by atoms with Gasteiger partial charge in [0.1, 0.15) is 10.3 Å². The zero-order valence-electron chi connectivity index (χ0n) is 12.3. The van der Waals surface area contributed by atoms with Gasteiger partial charge in [0.15, 0.2) is 0 Å². The van der Waals surface area contributed by atoms with E-state index in [-0.39, 0.29) is 0 Å². The zero-order chi connectivity index (χ0) is 16.9. The molecule has 2 rings (SSSR count). The third-order valence-electron chi connectivity index (χ3n) is 2.44. The molecule has 0 unspecified atom stereocenters. The summed E-state index contributed by atoms with van der Waals surface area (Å²) in [7, 11) is -3.25. The van der Waals surface area contributed by atoms with E-state index in [4.69, 9.17) is 28.9 Å². The molecule has 2 aromatic rings. The molecule has 0 aliphatic carbocycles. The molecule has 0 bridgehead atoms. The van der Waals surface area contributed by atoms with Gasteiger partial charge in [-0.25, -0.2) is 18.4 Å². The summed E-state index contributed by atoms with van der Waals surface area (Å²) in [5.41, 5.74) is 7.93. The molecule has 2 aromatic heterocycles. The molecule has 0 aromatic carbocycles. The van der Waals surface area contributed by atoms with Gasteiger partial charge in [0.2, 0.25) is 10.0 Å². The molecule has 120 valence electrons. The minimum atomic E-state index is -3.25. The smallest absolute Gasteiger partial charge is 0.229 e. The summed E-state index contributed by atoms with van der Waals surface area (Å²) in [5.74, 6) is 0. The number of nitrogens with two attached hydrogens (primary N) is 1. The second kappa shape index (κ2) is 7.62. The number of hydrogen-bond acceptors (Lipinski definition) is 5. The summed E-state index contributed by atoms with van der Waals surface area (Å²) in [6.45, 7) is 3.50. The van der Waals surface area contributed by atoms with Crippen LogP contribution in [0.25, 0.3) is 0 Å². The molecule has 6 nitrogen and oxygen atoms in total. The molecule has 0 saturated heterocycles. The number of rotatable bonds is 2. The predicted molar refractivity (Wildman–Crippen MR) is 90.8 cm³/mol. The van der Waals surface area contributed by atoms with E-state index in [0.29, 0.717) is 27.4 Å². The van der Waals surface area contributed by atoms with Crippen molar-refractivity contribution < 1.29 is 8.42 Å². The first-order chi connectivity index (χ1) is 10.1. The second-order valence-electron chi connectivity index (χ2n) is 4.45. The molecular weight excluding hydrogens is 347 g/mol. The third-order valence-corrected chi connectivity index (χ3v) is 3.45. The maximum Gasteiger partial charge on any atom is 0.229 e. The standard InChI is InChI=1S/C7H9ClN2O2S.C6H7ClN2/c1-5-6(10-13(2,11)12)3-4-7(8)9-5;1-4-5(8)2-3-6(7)9-4/h3-4,10H,1-2H3;2-3H,8H2,1H3. The van der Waals surface area contributed by atoms with Crippen LogP contribution in [-0.4, -0.2) is 24.6 Å². The van der Waals surface area contributed by atoms with Crippen LogP contribution in [0.1, 0.15) is 11.4 Å². The van der Waals surface area contributed by atoms with Crippen LogP contribution in [0, 0.1) is 13.8 Å². The average molecular weight is 363 g/mol. The molecule has 0 atom stereocenters. The van der Waals surface area contributed by atoms with Crippen LogP contribution in [0.15, 0.2) is 24.3 Å². The Hall–Kier alpha value is -1.57. The van der Waals surface area contributed by atoms with E-state index in [1.807, 2.05) is 6.92 Å². The highest BCUT2D eigenvalue weighted by atomic mass is 35.5. The van der Waals surface area contributed by atoms with Crippen LogP contribution in [0.5, 0.6) is 0 Å². The topological polar surface area (TPSA) is 98.0 Å². The van der Waals surface area contributed by atoms with E-state index in [9.17, 15) is 8.42 Å². The van der Waals surface area contributed by atoms with Crippen molar-refractivity contribution >= 4 is 44.6 Å². The lowest BCUT2D eigenvalue weighted by atomic mass is 10.3. The molecule has 0 aliphatic rings. The quantitative estimate of drug-likeness (QED) is 0.799. The summed E-state index contributed by atoms with van der Waals surface area (Å²) in [6, 6.07) is 6.52. The third kappa shape index (κ3) is 6.46. The first-order valence-electron chi connectivity index (χ1n) is 6.08. The average Bonchev–Trinajstić information content (AvgIpc) is 2.37. The molecule has 0 fully saturated rings. The second-order valence-corrected chi connectivity index (χ2v) is 6.97. The Bertz CT molecular complexity index is 767. The van der Waals surface area contributed by atoms with E-state index in [0.717, 1.165) is 11.9 Å². The van der Waals surface area contributed by atoms with Crippen molar-refractivity contribution in [3.05, 3.63) is 46.0 Å². The summed E-state index contributed by atoms with van der Waals surface area (Å²) in [4.78, 5) is 7.81. The summed E-state index contributed by atoms with van der Waals surface area (Å²) >= 11 is 11.2. The Morgan fingerprint density at radius 3 is 1.91 bits per heavy atom. The number of sulfonamides is 1. The molecule has 0 aliphatic heterocycles. The first kappa shape index (κ1) is 18.5. The molecule has 22 heavy (non-hydrogen) atoms. The van der Waals surface area contributed by atoms with Crippen molar-refractivity contribution in [2.45, 2.75) is 13.8 Å². The molecular formula is C13H16Cl2N4O2S. The highest BCUT2D eigenvalue weighted by Crippen LogP contribution is 2.16. The minimum Gasteiger partial charge on any atom is -0.397 e. The van der Waals surface area contributed by atoms with Crippen molar-refractivity contribution in [3.63, 3.8) is 0 Å². The highest BCUT2D eigenvalue weighted by molar-refractivity contribution is 7.92. The number of hydrogen-bond donors (Lipinski definition) is 2. The van der Waals surface area contributed by atoms with Gasteiger partial charge in [-0.05, 0) is 38.1 Å². The van der Waals surface area contributed by atoms with E-state index in [2.05, 4.69) is 14.7 Å². The number of aromatic nitrogens is 2. The largest absolute Gasteiger partial charge is 0.397 e. The van der Waals surface area contributed by atoms with Crippen LogP contribution >= 0.6 is 23.2 Å². The number of anilines is 2. The van der Waals surface area contributed by atoms with Crippen molar-refractivity contribution in [2.75, 3.05) is 16.7 Å². The molecule has 3 N–H and O–H groups in total. The van der Waals surface area contributed by atoms with Crippen molar-refractivity contribution in [2.24, 2.45) is 0 Å². The van der Waals surface area contributed by atoms with Gasteiger partial charge in [0, 0.05) is 0 Å². The maximum absolute atomic E-state index is 10.9. The van der Waals surface area contributed by atoms with Crippen molar-refractivity contribution in [1.82, 2.24) is 9.97 Å². The number of halogens is 2. The van der Waals surface area contributed by atoms with E-state index in [1.54, 1.807) is 25.1 Å². The lowest BCUT2D eigenvalue weighted by Gasteiger charge is -2.05. The van der Waals surface area contributed by atoms with E-state index in [1.165, 1.54) is 6.07 Å². The first-order valence-corrected chi connectivity index (χ1v) is 8.73. The number of nitrogens with one attached hydrogen (secondary N) is 1. The normalized spacial score (nSPS) is 10.6. The molecule has 0 radical (unpaired) electrons. The summed E-state index contributed by atoms with van der Waals surface area (Å²) < 4.78 is 24.1. The predicted octanol–water partition coefficient (Wildman–Crippen LogP) is 3.04. The Labute approximate surface area is 139 Å². The lowest BCUT2D eigenvalue weighted by molar-refractivity contribution is 0.606. The van der Waals surface area contributed by atoms with Gasteiger partial charge in [-0.1, -0.05) is 23.2 Å². The van der Waals surface area contributed by atoms with Crippen LogP contribution in [-0.2, 0) is 10.0 Å². The molecule has 9 heteroatoms. The maximum atomic E-state index is 10.9. The monoisotopic (exact) mass is 362 g/mol. The fourth-order valence-corrected chi connectivity index (χ4v) is 2.37. The van der Waals surface area contributed by atoms with Crippen molar-refractivity contribution in [3.8, 4) is 0 Å². The zero-order valence-corrected chi connectivity index (χ0v) is 14.6. The molecule has 0 amide bonds. The van der Waals surface area contributed by atoms with Crippen LogP contribution < -0.4 is 10.5 Å². The summed E-state index contributed by atoms with van der Waals surface area (Å²) in [5, 5.41) is 0.832. The van der Waals surface area contributed by atoms with Gasteiger partial charge in [-0.3, -0.25) is 4.72 Å². The van der Waals surface area contributed by atoms with Crippen LogP contribution in [0.4, 0.5) is 11.4 Å². The van der Waals surface area contributed by atoms with Gasteiger partial charge < -0.3 is 5.73 Å². The van der Waals surface area contributed by atoms with Crippen molar-refractivity contribution in [1.29, 1.82) is 0 Å². The van der Waals surface area contributed by atoms with Crippen LogP contribution in [0.3, 0.4) is 0 Å². The fraction of sp³-hybridized carbons (Fsp3) is 0.231. The van der Waals surface area contributed by atoms with Gasteiger partial charge in [-0.2, -0.15) is 0 Å². The summed E-state index contributed by atoms with van der Waals surface area (Å²) in [6.07, 6.45) is 1.08. The number of nitrogen functional groups attached to an aromatic ring is 1. The number of nitrogens with zero attached hydrogens (tertiary/aromatic N) is 2. The Morgan fingerprint density at radius 1 is 1.00 bits per heavy atom. The van der Waals surface area contributed by atoms with Gasteiger partial charge >= 0.3 is 0 Å². The SMILES string of the molecule is Cc1nc(Cl)ccc1N.Cc1nc(Cl)ccc1NS(C)(=O)=O. The van der Waals surface area contributed by atoms with Gasteiger partial charge in [0.05, 0.1) is 29.0 Å². The van der Waals surface area contributed by atoms with Crippen LogP contribution in [0.2, 0.25) is 10.3 Å². The van der Waals surface area contributed by atoms with Gasteiger partial charge in [0.25, 0.3) is 0 Å². The fourth-order valence-electron chi connectivity index (χ4n) is 1.38. The number of pyridine rings is 2. The molecule has 2 heterocycles. The molecule has 0 saturated carbocycles. The van der Waals surface area contributed by atoms with E-state index < -0.39 is 10.0 Å². The Morgan fingerprint density at radius 2 is 1.50 bits per heavy atom. The number of aryl methyl sites for hydroxylation is 2.